The quantitative estimate of drug-likeness (QED) is 0.569. The molecule has 1 unspecified atom stereocenters. The second kappa shape index (κ2) is 6.67. The molecule has 1 atom stereocenters. The Kier molecular flexibility index (Phi) is 6.09. The summed E-state index contributed by atoms with van der Waals surface area (Å²) in [6, 6.07) is 2.18. The van der Waals surface area contributed by atoms with Crippen LogP contribution in [0.2, 0.25) is 0 Å². The van der Waals surface area contributed by atoms with Gasteiger partial charge in [0.05, 0.1) is 12.0 Å². The zero-order chi connectivity index (χ0) is 9.40. The molecule has 0 aromatic carbocycles. The lowest BCUT2D eigenvalue weighted by Gasteiger charge is -2.03. The van der Waals surface area contributed by atoms with Gasteiger partial charge in [-0.15, -0.1) is 0 Å². The van der Waals surface area contributed by atoms with E-state index in [2.05, 4.69) is 31.7 Å². The van der Waals surface area contributed by atoms with Gasteiger partial charge in [-0.2, -0.15) is 5.26 Å². The van der Waals surface area contributed by atoms with Gasteiger partial charge < -0.3 is 0 Å². The minimum Gasteiger partial charge on any atom is -0.198 e. The van der Waals surface area contributed by atoms with Gasteiger partial charge in [0.2, 0.25) is 0 Å². The van der Waals surface area contributed by atoms with Gasteiger partial charge in [0.1, 0.15) is 0 Å². The van der Waals surface area contributed by atoms with Crippen molar-refractivity contribution in [1.29, 1.82) is 5.26 Å². The van der Waals surface area contributed by atoms with Crippen LogP contribution in [-0.4, -0.2) is 0 Å². The monoisotopic (exact) mass is 163 g/mol. The third kappa shape index (κ3) is 4.73. The average molecular weight is 163 g/mol. The summed E-state index contributed by atoms with van der Waals surface area (Å²) in [4.78, 5) is 0. The van der Waals surface area contributed by atoms with Crippen molar-refractivity contribution in [2.75, 3.05) is 0 Å². The lowest BCUT2D eigenvalue weighted by atomic mass is 10.00. The Morgan fingerprint density at radius 3 is 2.75 bits per heavy atom. The van der Waals surface area contributed by atoms with Gasteiger partial charge in [-0.05, 0) is 26.2 Å². The van der Waals surface area contributed by atoms with Crippen LogP contribution in [0.25, 0.3) is 0 Å². The van der Waals surface area contributed by atoms with Crippen molar-refractivity contribution in [1.82, 2.24) is 0 Å². The molecule has 1 heteroatoms. The largest absolute Gasteiger partial charge is 0.198 e. The van der Waals surface area contributed by atoms with Crippen molar-refractivity contribution < 1.29 is 0 Å². The van der Waals surface area contributed by atoms with E-state index >= 15 is 0 Å². The molecule has 0 aromatic heterocycles. The molecule has 0 spiro atoms. The summed E-state index contributed by atoms with van der Waals surface area (Å²) < 4.78 is 0. The topological polar surface area (TPSA) is 23.8 Å². The highest BCUT2D eigenvalue weighted by atomic mass is 14.3. The fourth-order valence-electron chi connectivity index (χ4n) is 0.861. The Hall–Kier alpha value is -1.03. The zero-order valence-electron chi connectivity index (χ0n) is 8.01. The van der Waals surface area contributed by atoms with Crippen LogP contribution in [0.1, 0.15) is 33.1 Å². The number of rotatable bonds is 5. The molecule has 12 heavy (non-hydrogen) atoms. The molecule has 0 fully saturated rings. The van der Waals surface area contributed by atoms with E-state index in [-0.39, 0.29) is 5.92 Å². The predicted molar refractivity (Wildman–Crippen MR) is 52.6 cm³/mol. The van der Waals surface area contributed by atoms with Gasteiger partial charge in [-0.1, -0.05) is 31.2 Å². The van der Waals surface area contributed by atoms with Gasteiger partial charge in [0, 0.05) is 0 Å². The van der Waals surface area contributed by atoms with Gasteiger partial charge in [0.25, 0.3) is 0 Å². The van der Waals surface area contributed by atoms with Crippen molar-refractivity contribution in [3.05, 3.63) is 24.3 Å². The van der Waals surface area contributed by atoms with Crippen molar-refractivity contribution >= 4 is 0 Å². The molecule has 0 rings (SSSR count). The second-order valence-electron chi connectivity index (χ2n) is 2.93. The molecule has 0 aromatic rings. The summed E-state index contributed by atoms with van der Waals surface area (Å²) in [5.74, 6) is 0.0000246. The summed E-state index contributed by atoms with van der Waals surface area (Å²) in [5, 5.41) is 8.58. The molecular formula is C11H17N. The molecule has 0 radical (unpaired) electrons. The lowest BCUT2D eigenvalue weighted by Crippen LogP contribution is -1.93. The number of allylic oxidation sites excluding steroid dienone is 3. The maximum atomic E-state index is 8.58. The molecule has 0 N–H and O–H groups in total. The molecule has 1 nitrogen and oxygen atoms in total. The molecule has 0 heterocycles. The van der Waals surface area contributed by atoms with Gasteiger partial charge in [-0.25, -0.2) is 0 Å². The van der Waals surface area contributed by atoms with E-state index in [0.29, 0.717) is 0 Å². The molecular weight excluding hydrogens is 146 g/mol. The third-order valence-electron chi connectivity index (χ3n) is 1.84. The van der Waals surface area contributed by atoms with Crippen LogP contribution < -0.4 is 0 Å². The first kappa shape index (κ1) is 11.0. The smallest absolute Gasteiger partial charge is 0.0697 e. The van der Waals surface area contributed by atoms with E-state index in [9.17, 15) is 0 Å². The first-order valence-corrected chi connectivity index (χ1v) is 4.44. The lowest BCUT2D eigenvalue weighted by molar-refractivity contribution is 0.798. The minimum absolute atomic E-state index is 0.0000246. The molecule has 0 amide bonds. The highest BCUT2D eigenvalue weighted by Crippen LogP contribution is 2.13. The molecule has 66 valence electrons. The van der Waals surface area contributed by atoms with Crippen LogP contribution in [0.15, 0.2) is 24.3 Å². The van der Waals surface area contributed by atoms with E-state index in [4.69, 9.17) is 5.26 Å². The maximum absolute atomic E-state index is 8.58. The van der Waals surface area contributed by atoms with Crippen LogP contribution in [-0.2, 0) is 0 Å². The summed E-state index contributed by atoms with van der Waals surface area (Å²) in [6.45, 7) is 7.88. The fraction of sp³-hybridized carbons (Fsp3) is 0.545. The number of nitriles is 1. The highest BCUT2D eigenvalue weighted by molar-refractivity contribution is 5.09. The summed E-state index contributed by atoms with van der Waals surface area (Å²) in [5.41, 5.74) is 1.04. The zero-order valence-corrected chi connectivity index (χ0v) is 8.01. The molecule has 0 saturated carbocycles. The Morgan fingerprint density at radius 1 is 1.58 bits per heavy atom. The Morgan fingerprint density at radius 2 is 2.25 bits per heavy atom. The first-order chi connectivity index (χ1) is 5.72. The predicted octanol–water partition coefficient (Wildman–Crippen LogP) is 3.45. The van der Waals surface area contributed by atoms with E-state index < -0.39 is 0 Å². The van der Waals surface area contributed by atoms with Gasteiger partial charge >= 0.3 is 0 Å². The van der Waals surface area contributed by atoms with Crippen molar-refractivity contribution in [2.45, 2.75) is 33.1 Å². The number of nitrogens with zero attached hydrogens (tertiary/aromatic N) is 1. The summed E-state index contributed by atoms with van der Waals surface area (Å²) in [6.07, 6.45) is 7.32. The fourth-order valence-corrected chi connectivity index (χ4v) is 0.861. The number of hydrogen-bond acceptors (Lipinski definition) is 1. The standard InChI is InChI=1S/C11H17N/c1-4-5-6-7-8-10(2)11(3)9-12/h5-6,11H,2,4,7-8H2,1,3H3. The minimum atomic E-state index is 0.0000246. The number of hydrogen-bond donors (Lipinski definition) is 0. The third-order valence-corrected chi connectivity index (χ3v) is 1.84. The average Bonchev–Trinajstić information content (AvgIpc) is 2.10. The van der Waals surface area contributed by atoms with E-state index in [0.717, 1.165) is 24.8 Å². The van der Waals surface area contributed by atoms with E-state index in [1.54, 1.807) is 0 Å². The maximum Gasteiger partial charge on any atom is 0.0697 e. The van der Waals surface area contributed by atoms with Crippen LogP contribution >= 0.6 is 0 Å². The van der Waals surface area contributed by atoms with Crippen LogP contribution in [0, 0.1) is 17.2 Å². The SMILES string of the molecule is C=C(CCC=CCC)C(C)C#N. The Bertz CT molecular complexity index is 196. The molecule has 0 saturated heterocycles. The molecule has 0 bridgehead atoms. The van der Waals surface area contributed by atoms with Gasteiger partial charge in [0.15, 0.2) is 0 Å². The van der Waals surface area contributed by atoms with E-state index in [1.807, 2.05) is 6.92 Å². The molecule has 0 aliphatic rings. The highest BCUT2D eigenvalue weighted by Gasteiger charge is 2.02. The first-order valence-electron chi connectivity index (χ1n) is 4.44. The Labute approximate surface area is 75.4 Å². The summed E-state index contributed by atoms with van der Waals surface area (Å²) in [7, 11) is 0. The summed E-state index contributed by atoms with van der Waals surface area (Å²) >= 11 is 0. The van der Waals surface area contributed by atoms with Crippen LogP contribution in [0.3, 0.4) is 0 Å². The molecule has 0 aliphatic carbocycles. The second-order valence-corrected chi connectivity index (χ2v) is 2.93. The van der Waals surface area contributed by atoms with Crippen LogP contribution in [0.5, 0.6) is 0 Å². The van der Waals surface area contributed by atoms with Crippen molar-refractivity contribution in [3.8, 4) is 6.07 Å². The van der Waals surface area contributed by atoms with Crippen molar-refractivity contribution in [3.63, 3.8) is 0 Å². The van der Waals surface area contributed by atoms with Gasteiger partial charge in [-0.3, -0.25) is 0 Å². The molecule has 0 aliphatic heterocycles. The van der Waals surface area contributed by atoms with Crippen LogP contribution in [0.4, 0.5) is 0 Å². The van der Waals surface area contributed by atoms with Crippen molar-refractivity contribution in [2.24, 2.45) is 5.92 Å². The van der Waals surface area contributed by atoms with E-state index in [1.165, 1.54) is 0 Å². The Balaban J connectivity index is 3.59. The normalized spacial score (nSPS) is 12.8.